The van der Waals surface area contributed by atoms with Gasteiger partial charge in [-0.15, -0.1) is 25.6 Å². The highest BCUT2D eigenvalue weighted by atomic mass is 35.5. The highest BCUT2D eigenvalue weighted by Crippen LogP contribution is 2.33. The van der Waals surface area contributed by atoms with Gasteiger partial charge in [-0.2, -0.15) is 0 Å². The van der Waals surface area contributed by atoms with Gasteiger partial charge < -0.3 is 25.7 Å². The summed E-state index contributed by atoms with van der Waals surface area (Å²) in [5.74, 6) is -0.0829. The molecule has 0 spiro atoms. The van der Waals surface area contributed by atoms with E-state index in [1.165, 1.54) is 18.2 Å². The summed E-state index contributed by atoms with van der Waals surface area (Å²) in [5, 5.41) is 6.12. The molecule has 0 saturated heterocycles. The van der Waals surface area contributed by atoms with Crippen molar-refractivity contribution in [3.05, 3.63) is 42.0 Å². The first-order valence-electron chi connectivity index (χ1n) is 9.13. The Labute approximate surface area is 190 Å². The largest absolute Gasteiger partial charge is 0.573 e. The van der Waals surface area contributed by atoms with Gasteiger partial charge in [0.1, 0.15) is 5.75 Å². The van der Waals surface area contributed by atoms with Gasteiger partial charge in [0.05, 0.1) is 21.3 Å². The molecule has 0 aliphatic carbocycles. The summed E-state index contributed by atoms with van der Waals surface area (Å²) in [4.78, 5) is 20.9. The predicted octanol–water partition coefficient (Wildman–Crippen LogP) is 4.03. The van der Waals surface area contributed by atoms with Crippen molar-refractivity contribution in [3.63, 3.8) is 0 Å². The number of fused-ring (bicyclic) bond motifs is 2. The topological polar surface area (TPSA) is 107 Å². The maximum absolute atomic E-state index is 12.5. The van der Waals surface area contributed by atoms with Gasteiger partial charge >= 0.3 is 6.36 Å². The first-order valence-corrected chi connectivity index (χ1v) is 9.95. The molecule has 0 atom stereocenters. The molecule has 8 nitrogen and oxygen atoms in total. The Hall–Kier alpha value is -3.09. The smallest absolute Gasteiger partial charge is 0.406 e. The van der Waals surface area contributed by atoms with Crippen molar-refractivity contribution in [3.8, 4) is 5.75 Å². The van der Waals surface area contributed by atoms with Crippen LogP contribution in [0, 0.1) is 0 Å². The van der Waals surface area contributed by atoms with Crippen molar-refractivity contribution >= 4 is 62.0 Å². The first kappa shape index (κ1) is 23.6. The van der Waals surface area contributed by atoms with Crippen LogP contribution in [0.5, 0.6) is 5.75 Å². The van der Waals surface area contributed by atoms with Crippen LogP contribution in [0.1, 0.15) is 10.4 Å². The number of nitrogens with zero attached hydrogens (tertiary/aromatic N) is 3. The van der Waals surface area contributed by atoms with E-state index in [2.05, 4.69) is 25.3 Å². The number of halogens is 4. The Morgan fingerprint density at radius 3 is 2.66 bits per heavy atom. The average Bonchev–Trinajstić information content (AvgIpc) is 3.26. The number of nitrogens with one attached hydrogen (secondary N) is 2. The highest BCUT2D eigenvalue weighted by molar-refractivity contribution is 7.22. The fraction of sp³-hybridized carbons (Fsp3) is 0.211. The van der Waals surface area contributed by atoms with Crippen LogP contribution in [0.2, 0.25) is 0 Å². The summed E-state index contributed by atoms with van der Waals surface area (Å²) in [6.45, 7) is 0.821. The molecule has 0 fully saturated rings. The van der Waals surface area contributed by atoms with Gasteiger partial charge in [-0.3, -0.25) is 4.79 Å². The van der Waals surface area contributed by atoms with E-state index >= 15 is 0 Å². The maximum atomic E-state index is 12.5. The number of anilines is 2. The summed E-state index contributed by atoms with van der Waals surface area (Å²) in [5.41, 5.74) is 8.11. The van der Waals surface area contributed by atoms with E-state index in [0.717, 1.165) is 16.9 Å². The zero-order valence-corrected chi connectivity index (χ0v) is 18.2. The van der Waals surface area contributed by atoms with Gasteiger partial charge in [0, 0.05) is 31.8 Å². The minimum atomic E-state index is -4.76. The molecule has 4 N–H and O–H groups in total. The second-order valence-corrected chi connectivity index (χ2v) is 7.51. The van der Waals surface area contributed by atoms with E-state index in [1.54, 1.807) is 25.2 Å². The number of thiazole rings is 1. The predicted molar refractivity (Wildman–Crippen MR) is 119 cm³/mol. The average molecular weight is 487 g/mol. The quantitative estimate of drug-likeness (QED) is 0.380. The number of carbonyl (C=O) groups is 1. The third-order valence-electron chi connectivity index (χ3n) is 4.40. The summed E-state index contributed by atoms with van der Waals surface area (Å²) in [6.07, 6.45) is -4.76. The number of imidazole rings is 1. The number of benzene rings is 2. The Morgan fingerprint density at radius 2 is 1.97 bits per heavy atom. The molecule has 0 aliphatic heterocycles. The molecule has 0 saturated carbocycles. The third-order valence-corrected chi connectivity index (χ3v) is 5.34. The van der Waals surface area contributed by atoms with Crippen molar-refractivity contribution < 1.29 is 22.7 Å². The van der Waals surface area contributed by atoms with Crippen LogP contribution in [0.4, 0.5) is 24.3 Å². The molecule has 0 radical (unpaired) electrons. The molecule has 2 aromatic heterocycles. The fourth-order valence-corrected chi connectivity index (χ4v) is 4.01. The van der Waals surface area contributed by atoms with Gasteiger partial charge in [0.2, 0.25) is 5.95 Å². The Morgan fingerprint density at radius 1 is 1.19 bits per heavy atom. The molecule has 2 heterocycles. The Kier molecular flexibility index (Phi) is 6.77. The molecule has 0 unspecified atom stereocenters. The van der Waals surface area contributed by atoms with Crippen LogP contribution in [0.15, 0.2) is 36.4 Å². The van der Waals surface area contributed by atoms with E-state index in [0.29, 0.717) is 45.5 Å². The van der Waals surface area contributed by atoms with Crippen LogP contribution in [-0.2, 0) is 6.54 Å². The zero-order chi connectivity index (χ0) is 22.2. The highest BCUT2D eigenvalue weighted by Gasteiger charge is 2.31. The summed E-state index contributed by atoms with van der Waals surface area (Å²) < 4.78 is 43.7. The normalized spacial score (nSPS) is 11.4. The Bertz CT molecular complexity index is 1270. The molecule has 4 aromatic rings. The summed E-state index contributed by atoms with van der Waals surface area (Å²) >= 11 is 1.16. The van der Waals surface area contributed by atoms with E-state index in [9.17, 15) is 18.0 Å². The van der Waals surface area contributed by atoms with Crippen molar-refractivity contribution in [2.24, 2.45) is 5.73 Å². The first-order chi connectivity index (χ1) is 14.8. The van der Waals surface area contributed by atoms with Crippen LogP contribution in [-0.4, -0.2) is 40.4 Å². The number of rotatable bonds is 6. The van der Waals surface area contributed by atoms with Gasteiger partial charge in [0.15, 0.2) is 5.13 Å². The van der Waals surface area contributed by atoms with Crippen molar-refractivity contribution in [1.29, 1.82) is 0 Å². The van der Waals surface area contributed by atoms with Gasteiger partial charge in [-0.05, 0) is 30.3 Å². The number of ether oxygens (including phenoxy) is 1. The van der Waals surface area contributed by atoms with E-state index in [-0.39, 0.29) is 24.1 Å². The number of hydrogen-bond acceptors (Lipinski definition) is 7. The maximum Gasteiger partial charge on any atom is 0.573 e. The SMILES string of the molecule is CNC(=O)c1ccc2c(c1)nc(Nc1nc3ccc(OC(F)(F)F)cc3s1)n2CCN.Cl. The lowest BCUT2D eigenvalue weighted by molar-refractivity contribution is -0.274. The number of hydrogen-bond donors (Lipinski definition) is 3. The lowest BCUT2D eigenvalue weighted by Gasteiger charge is -2.07. The lowest BCUT2D eigenvalue weighted by Crippen LogP contribution is -2.17. The van der Waals surface area contributed by atoms with Crippen LogP contribution in [0.3, 0.4) is 0 Å². The van der Waals surface area contributed by atoms with Crippen LogP contribution in [0.25, 0.3) is 21.3 Å². The molecule has 2 aromatic carbocycles. The number of aromatic nitrogens is 3. The van der Waals surface area contributed by atoms with E-state index in [4.69, 9.17) is 5.73 Å². The van der Waals surface area contributed by atoms with E-state index in [1.807, 2.05) is 4.57 Å². The van der Waals surface area contributed by atoms with Crippen LogP contribution < -0.4 is 21.1 Å². The number of alkyl halides is 3. The standard InChI is InChI=1S/C19H17F3N6O2S.ClH/c1-24-16(29)10-2-5-14-13(8-10)25-17(28(14)7-6-23)27-18-26-12-4-3-11(9-15(12)31-18)30-19(20,21)22;/h2-5,8-9H,6-7,23H2,1H3,(H,24,29)(H,25,26,27);1H. The number of amides is 1. The van der Waals surface area contributed by atoms with Crippen LogP contribution >= 0.6 is 23.7 Å². The molecule has 1 amide bonds. The van der Waals surface area contributed by atoms with Gasteiger partial charge in [0.25, 0.3) is 5.91 Å². The van der Waals surface area contributed by atoms with Gasteiger partial charge in [-0.25, -0.2) is 9.97 Å². The van der Waals surface area contributed by atoms with Crippen molar-refractivity contribution in [1.82, 2.24) is 19.9 Å². The lowest BCUT2D eigenvalue weighted by atomic mass is 10.2. The molecular formula is C19H18ClF3N6O2S. The number of nitrogens with two attached hydrogens (primary N) is 1. The van der Waals surface area contributed by atoms with Crippen molar-refractivity contribution in [2.45, 2.75) is 12.9 Å². The van der Waals surface area contributed by atoms with Crippen molar-refractivity contribution in [2.75, 3.05) is 18.9 Å². The third kappa shape index (κ3) is 4.87. The molecule has 32 heavy (non-hydrogen) atoms. The molecule has 4 rings (SSSR count). The molecular weight excluding hydrogens is 469 g/mol. The zero-order valence-electron chi connectivity index (χ0n) is 16.6. The minimum absolute atomic E-state index is 0. The fourth-order valence-electron chi connectivity index (χ4n) is 3.12. The second-order valence-electron chi connectivity index (χ2n) is 6.48. The summed E-state index contributed by atoms with van der Waals surface area (Å²) in [6, 6.07) is 9.10. The van der Waals surface area contributed by atoms with Gasteiger partial charge in [-0.1, -0.05) is 11.3 Å². The summed E-state index contributed by atoms with van der Waals surface area (Å²) in [7, 11) is 1.55. The molecule has 13 heteroatoms. The van der Waals surface area contributed by atoms with E-state index < -0.39 is 6.36 Å². The molecule has 0 aliphatic rings. The monoisotopic (exact) mass is 486 g/mol. The minimum Gasteiger partial charge on any atom is -0.406 e. The Balaban J connectivity index is 0.00000289. The molecule has 170 valence electrons. The molecule has 0 bridgehead atoms. The second kappa shape index (κ2) is 9.18. The number of carbonyl (C=O) groups excluding carboxylic acids is 1.